The van der Waals surface area contributed by atoms with Crippen molar-refractivity contribution in [3.8, 4) is 5.75 Å². The molecule has 1 rings (SSSR count). The van der Waals surface area contributed by atoms with E-state index in [1.54, 1.807) is 13.8 Å². The molecule has 0 heterocycles. The fourth-order valence-corrected chi connectivity index (χ4v) is 1.37. The molecule has 0 fully saturated rings. The van der Waals surface area contributed by atoms with E-state index in [1.165, 1.54) is 0 Å². The van der Waals surface area contributed by atoms with E-state index < -0.39 is 0 Å². The van der Waals surface area contributed by atoms with Crippen molar-refractivity contribution in [3.63, 3.8) is 0 Å². The third-order valence-corrected chi connectivity index (χ3v) is 2.53. The largest absolute Gasteiger partial charge is 0.493 e. The first kappa shape index (κ1) is 13.0. The van der Waals surface area contributed by atoms with E-state index >= 15 is 0 Å². The molecule has 0 saturated heterocycles. The van der Waals surface area contributed by atoms with Crippen molar-refractivity contribution in [2.24, 2.45) is 5.92 Å². The van der Waals surface area contributed by atoms with Crippen LogP contribution in [0.2, 0.25) is 0 Å². The minimum Gasteiger partial charge on any atom is -0.493 e. The normalized spacial score (nSPS) is 11.9. The Bertz CT molecular complexity index is 335. The van der Waals surface area contributed by atoms with E-state index in [-0.39, 0.29) is 11.9 Å². The first-order valence-electron chi connectivity index (χ1n) is 5.18. The molecule has 0 aliphatic rings. The third-order valence-electron chi connectivity index (χ3n) is 2.00. The zero-order valence-electron chi connectivity index (χ0n) is 9.40. The molecular weight excluding hydrogens is 272 g/mol. The summed E-state index contributed by atoms with van der Waals surface area (Å²) in [4.78, 5) is 11.3. The van der Waals surface area contributed by atoms with Crippen LogP contribution >= 0.6 is 15.9 Å². The number of benzene rings is 1. The van der Waals surface area contributed by atoms with Crippen LogP contribution in [0, 0.1) is 5.92 Å². The van der Waals surface area contributed by atoms with Crippen molar-refractivity contribution in [1.29, 1.82) is 0 Å². The van der Waals surface area contributed by atoms with Gasteiger partial charge < -0.3 is 9.47 Å². The Hall–Kier alpha value is -1.03. The summed E-state index contributed by atoms with van der Waals surface area (Å²) in [5, 5.41) is 0. The van der Waals surface area contributed by atoms with Crippen LogP contribution in [0.15, 0.2) is 28.7 Å². The molecule has 0 aromatic heterocycles. The van der Waals surface area contributed by atoms with Gasteiger partial charge in [0, 0.05) is 4.47 Å². The van der Waals surface area contributed by atoms with Crippen molar-refractivity contribution in [3.05, 3.63) is 28.7 Å². The molecule has 0 aliphatic carbocycles. The van der Waals surface area contributed by atoms with Crippen molar-refractivity contribution >= 4 is 21.9 Å². The van der Waals surface area contributed by atoms with Gasteiger partial charge in [0.1, 0.15) is 12.4 Å². The molecule has 0 spiro atoms. The van der Waals surface area contributed by atoms with Crippen LogP contribution in [-0.4, -0.2) is 19.2 Å². The lowest BCUT2D eigenvalue weighted by Gasteiger charge is -2.11. The van der Waals surface area contributed by atoms with Gasteiger partial charge in [0.05, 0.1) is 12.5 Å². The molecule has 1 unspecified atom stereocenters. The second-order valence-electron chi connectivity index (χ2n) is 3.42. The molecule has 0 saturated carbocycles. The van der Waals surface area contributed by atoms with Crippen LogP contribution in [0.1, 0.15) is 13.8 Å². The SMILES string of the molecule is CCOC(=O)C(C)COc1ccc(Br)cc1. The number of hydrogen-bond acceptors (Lipinski definition) is 3. The van der Waals surface area contributed by atoms with E-state index in [2.05, 4.69) is 15.9 Å². The first-order valence-corrected chi connectivity index (χ1v) is 5.97. The number of carbonyl (C=O) groups is 1. The van der Waals surface area contributed by atoms with Gasteiger partial charge in [0.25, 0.3) is 0 Å². The highest BCUT2D eigenvalue weighted by Crippen LogP contribution is 2.16. The summed E-state index contributed by atoms with van der Waals surface area (Å²) < 4.78 is 11.4. The zero-order valence-corrected chi connectivity index (χ0v) is 11.0. The molecule has 1 aromatic carbocycles. The van der Waals surface area contributed by atoms with E-state index in [0.717, 1.165) is 10.2 Å². The number of hydrogen-bond donors (Lipinski definition) is 0. The maximum absolute atomic E-state index is 11.3. The van der Waals surface area contributed by atoms with Crippen LogP contribution < -0.4 is 4.74 Å². The predicted molar refractivity (Wildman–Crippen MR) is 65.4 cm³/mol. The predicted octanol–water partition coefficient (Wildman–Crippen LogP) is 3.03. The summed E-state index contributed by atoms with van der Waals surface area (Å²) in [5.41, 5.74) is 0. The Balaban J connectivity index is 2.39. The maximum Gasteiger partial charge on any atom is 0.312 e. The van der Waals surface area contributed by atoms with Crippen LogP contribution in [0.4, 0.5) is 0 Å². The second kappa shape index (κ2) is 6.53. The van der Waals surface area contributed by atoms with E-state index in [0.29, 0.717) is 13.2 Å². The molecule has 0 N–H and O–H groups in total. The Kier molecular flexibility index (Phi) is 5.32. The van der Waals surface area contributed by atoms with E-state index in [1.807, 2.05) is 24.3 Å². The van der Waals surface area contributed by atoms with Gasteiger partial charge in [0.15, 0.2) is 0 Å². The Labute approximate surface area is 104 Å². The topological polar surface area (TPSA) is 35.5 Å². The lowest BCUT2D eigenvalue weighted by molar-refractivity contribution is -0.148. The highest BCUT2D eigenvalue weighted by molar-refractivity contribution is 9.10. The monoisotopic (exact) mass is 286 g/mol. The van der Waals surface area contributed by atoms with Gasteiger partial charge in [0.2, 0.25) is 0 Å². The van der Waals surface area contributed by atoms with Gasteiger partial charge in [-0.15, -0.1) is 0 Å². The average Bonchev–Trinajstić information content (AvgIpc) is 2.28. The molecule has 1 atom stereocenters. The third kappa shape index (κ3) is 4.23. The minimum absolute atomic E-state index is 0.223. The zero-order chi connectivity index (χ0) is 12.0. The maximum atomic E-state index is 11.3. The summed E-state index contributed by atoms with van der Waals surface area (Å²) in [5.74, 6) is 0.280. The molecule has 88 valence electrons. The van der Waals surface area contributed by atoms with Crippen LogP contribution in [-0.2, 0) is 9.53 Å². The fourth-order valence-electron chi connectivity index (χ4n) is 1.10. The van der Waals surface area contributed by atoms with Crippen molar-refractivity contribution in [1.82, 2.24) is 0 Å². The number of carbonyl (C=O) groups excluding carboxylic acids is 1. The summed E-state index contributed by atoms with van der Waals surface area (Å²) in [6.45, 7) is 4.32. The Morgan fingerprint density at radius 1 is 1.38 bits per heavy atom. The second-order valence-corrected chi connectivity index (χ2v) is 4.33. The van der Waals surface area contributed by atoms with Gasteiger partial charge in [-0.25, -0.2) is 0 Å². The van der Waals surface area contributed by atoms with E-state index in [9.17, 15) is 4.79 Å². The summed E-state index contributed by atoms with van der Waals surface area (Å²) >= 11 is 3.34. The standard InChI is InChI=1S/C12H15BrO3/c1-3-15-12(14)9(2)8-16-11-6-4-10(13)5-7-11/h4-7,9H,3,8H2,1-2H3. The van der Waals surface area contributed by atoms with Gasteiger partial charge in [-0.05, 0) is 38.1 Å². The van der Waals surface area contributed by atoms with Gasteiger partial charge in [-0.3, -0.25) is 4.79 Å². The van der Waals surface area contributed by atoms with Crippen molar-refractivity contribution in [2.75, 3.05) is 13.2 Å². The van der Waals surface area contributed by atoms with Crippen molar-refractivity contribution in [2.45, 2.75) is 13.8 Å². The highest BCUT2D eigenvalue weighted by atomic mass is 79.9. The Morgan fingerprint density at radius 3 is 2.56 bits per heavy atom. The highest BCUT2D eigenvalue weighted by Gasteiger charge is 2.14. The fraction of sp³-hybridized carbons (Fsp3) is 0.417. The molecule has 0 radical (unpaired) electrons. The molecule has 3 nitrogen and oxygen atoms in total. The summed E-state index contributed by atoms with van der Waals surface area (Å²) in [6, 6.07) is 7.48. The lowest BCUT2D eigenvalue weighted by atomic mass is 10.2. The first-order chi connectivity index (χ1) is 7.63. The Morgan fingerprint density at radius 2 is 2.00 bits per heavy atom. The summed E-state index contributed by atoms with van der Waals surface area (Å²) in [6.07, 6.45) is 0. The van der Waals surface area contributed by atoms with E-state index in [4.69, 9.17) is 9.47 Å². The quantitative estimate of drug-likeness (QED) is 0.781. The number of halogens is 1. The molecule has 4 heteroatoms. The molecular formula is C12H15BrO3. The smallest absolute Gasteiger partial charge is 0.312 e. The molecule has 0 aliphatic heterocycles. The van der Waals surface area contributed by atoms with Gasteiger partial charge in [-0.2, -0.15) is 0 Å². The number of esters is 1. The minimum atomic E-state index is -0.247. The summed E-state index contributed by atoms with van der Waals surface area (Å²) in [7, 11) is 0. The van der Waals surface area contributed by atoms with Crippen molar-refractivity contribution < 1.29 is 14.3 Å². The van der Waals surface area contributed by atoms with Gasteiger partial charge in [-0.1, -0.05) is 15.9 Å². The van der Waals surface area contributed by atoms with Crippen LogP contribution in [0.3, 0.4) is 0 Å². The molecule has 1 aromatic rings. The number of rotatable bonds is 5. The average molecular weight is 287 g/mol. The van der Waals surface area contributed by atoms with Gasteiger partial charge >= 0.3 is 5.97 Å². The lowest BCUT2D eigenvalue weighted by Crippen LogP contribution is -2.21. The molecule has 0 bridgehead atoms. The molecule has 0 amide bonds. The van der Waals surface area contributed by atoms with Crippen LogP contribution in [0.5, 0.6) is 5.75 Å². The molecule has 16 heavy (non-hydrogen) atoms. The number of ether oxygens (including phenoxy) is 2. The van der Waals surface area contributed by atoms with Crippen LogP contribution in [0.25, 0.3) is 0 Å².